The van der Waals surface area contributed by atoms with Gasteiger partial charge in [-0.2, -0.15) is 20.5 Å². The maximum absolute atomic E-state index is 17.2. The first kappa shape index (κ1) is 30.4. The van der Waals surface area contributed by atoms with Crippen LogP contribution in [0.4, 0.5) is 19.6 Å². The van der Waals surface area contributed by atoms with Gasteiger partial charge in [-0.25, -0.2) is 8.78 Å². The number of hydrogen-bond acceptors (Lipinski definition) is 10. The van der Waals surface area contributed by atoms with E-state index < -0.39 is 11.6 Å². The van der Waals surface area contributed by atoms with Gasteiger partial charge in [-0.1, -0.05) is 24.6 Å². The summed E-state index contributed by atoms with van der Waals surface area (Å²) in [5.74, 6) is -0.220. The van der Waals surface area contributed by atoms with Crippen molar-refractivity contribution >= 4 is 54.7 Å². The second-order valence-corrected chi connectivity index (χ2v) is 14.8. The summed E-state index contributed by atoms with van der Waals surface area (Å²) >= 11 is 7.99. The van der Waals surface area contributed by atoms with Crippen molar-refractivity contribution < 1.29 is 18.3 Å². The van der Waals surface area contributed by atoms with Gasteiger partial charge >= 0.3 is 6.01 Å². The molecule has 0 bridgehead atoms. The molecule has 0 amide bonds. The number of thiophene rings is 1. The molecule has 0 saturated carbocycles. The molecule has 4 aromatic rings. The summed E-state index contributed by atoms with van der Waals surface area (Å²) in [6.07, 6.45) is 5.11. The number of fused-ring (bicyclic) bond motifs is 4. The first-order valence-corrected chi connectivity index (χ1v) is 17.2. The third-order valence-corrected chi connectivity index (χ3v) is 11.9. The molecule has 8 rings (SSSR count). The maximum Gasteiger partial charge on any atom is 0.319 e. The highest BCUT2D eigenvalue weighted by Gasteiger charge is 2.48. The summed E-state index contributed by atoms with van der Waals surface area (Å²) in [6.45, 7) is 5.42. The fourth-order valence-electron chi connectivity index (χ4n) is 8.34. The first-order valence-electron chi connectivity index (χ1n) is 16.0. The van der Waals surface area contributed by atoms with Crippen LogP contribution in [0.2, 0.25) is 5.02 Å². The summed E-state index contributed by atoms with van der Waals surface area (Å²) < 4.78 is 45.1. The van der Waals surface area contributed by atoms with Crippen LogP contribution in [0.25, 0.3) is 32.1 Å². The van der Waals surface area contributed by atoms with E-state index in [4.69, 9.17) is 31.8 Å². The Morgan fingerprint density at radius 3 is 2.85 bits per heavy atom. The van der Waals surface area contributed by atoms with Gasteiger partial charge in [0.1, 0.15) is 41.4 Å². The van der Waals surface area contributed by atoms with Crippen LogP contribution in [-0.4, -0.2) is 59.3 Å². The van der Waals surface area contributed by atoms with Crippen molar-refractivity contribution in [2.75, 3.05) is 43.5 Å². The van der Waals surface area contributed by atoms with E-state index in [1.54, 1.807) is 0 Å². The standard InChI is InChI=1S/C34H32ClF2N7O2S/c1-17-11-34(8-2-9-43(34)14-17)16-46-33-41-28-25-29(45-15-19-4-3-18(12-38)7-10-44(19)32(25)42-33)26(35)24(27(28)37)20-5-6-22(36)30-23(20)21(13-39)31(40)47-30/h5-6,17-19H,2-4,7-11,14-16,40H2,1H3/t17-,18?,19?,34+/m1/s1. The third-order valence-electron chi connectivity index (χ3n) is 10.5. The van der Waals surface area contributed by atoms with Gasteiger partial charge in [0.2, 0.25) is 0 Å². The summed E-state index contributed by atoms with van der Waals surface area (Å²) in [6, 6.07) is 7.00. The predicted octanol–water partition coefficient (Wildman–Crippen LogP) is 7.04. The van der Waals surface area contributed by atoms with Crippen LogP contribution in [0.1, 0.15) is 51.0 Å². The van der Waals surface area contributed by atoms with E-state index in [1.807, 2.05) is 0 Å². The van der Waals surface area contributed by atoms with E-state index in [9.17, 15) is 14.9 Å². The average Bonchev–Trinajstić information content (AvgIpc) is 3.60. The average molecular weight is 676 g/mol. The lowest BCUT2D eigenvalue weighted by molar-refractivity contribution is 0.107. The molecule has 4 aliphatic rings. The van der Waals surface area contributed by atoms with E-state index >= 15 is 4.39 Å². The number of hydrogen-bond donors (Lipinski definition) is 1. The fraction of sp³-hybridized carbons (Fsp3) is 0.471. The second kappa shape index (κ2) is 11.3. The third kappa shape index (κ3) is 4.67. The molecule has 3 fully saturated rings. The van der Waals surface area contributed by atoms with Crippen molar-refractivity contribution in [2.24, 2.45) is 11.8 Å². The Bertz CT molecular complexity index is 2040. The Hall–Kier alpha value is -3.97. The van der Waals surface area contributed by atoms with Crippen LogP contribution in [0.3, 0.4) is 0 Å². The van der Waals surface area contributed by atoms with Crippen LogP contribution in [0.15, 0.2) is 12.1 Å². The van der Waals surface area contributed by atoms with E-state index in [0.717, 1.165) is 43.7 Å². The lowest BCUT2D eigenvalue weighted by Gasteiger charge is -2.32. The van der Waals surface area contributed by atoms with Crippen LogP contribution in [0, 0.1) is 46.1 Å². The topological polar surface area (TPSA) is 124 Å². The molecule has 3 saturated heterocycles. The highest BCUT2D eigenvalue weighted by atomic mass is 35.5. The van der Waals surface area contributed by atoms with Crippen LogP contribution in [-0.2, 0) is 0 Å². The molecule has 6 heterocycles. The Kier molecular flexibility index (Phi) is 7.32. The molecule has 242 valence electrons. The number of nitriles is 2. The normalized spacial score (nSPS) is 25.5. The number of nitrogens with zero attached hydrogens (tertiary/aromatic N) is 6. The zero-order chi connectivity index (χ0) is 32.6. The Balaban J connectivity index is 1.34. The number of rotatable bonds is 4. The van der Waals surface area contributed by atoms with Gasteiger partial charge in [-0.3, -0.25) is 4.90 Å². The summed E-state index contributed by atoms with van der Waals surface area (Å²) in [7, 11) is 0. The zero-order valence-corrected chi connectivity index (χ0v) is 27.4. The predicted molar refractivity (Wildman–Crippen MR) is 177 cm³/mol. The van der Waals surface area contributed by atoms with Gasteiger partial charge < -0.3 is 20.1 Å². The molecular weight excluding hydrogens is 644 g/mol. The molecule has 4 atom stereocenters. The van der Waals surface area contributed by atoms with Gasteiger partial charge in [0.15, 0.2) is 11.6 Å². The van der Waals surface area contributed by atoms with E-state index in [-0.39, 0.29) is 78.2 Å². The Morgan fingerprint density at radius 2 is 2.04 bits per heavy atom. The highest BCUT2D eigenvalue weighted by Crippen LogP contribution is 2.51. The molecule has 2 unspecified atom stereocenters. The quantitative estimate of drug-likeness (QED) is 0.242. The number of halogens is 3. The minimum Gasteiger partial charge on any atom is -0.489 e. The monoisotopic (exact) mass is 675 g/mol. The lowest BCUT2D eigenvalue weighted by Crippen LogP contribution is -2.43. The van der Waals surface area contributed by atoms with Gasteiger partial charge in [0, 0.05) is 30.0 Å². The van der Waals surface area contributed by atoms with Crippen molar-refractivity contribution in [2.45, 2.75) is 57.0 Å². The molecule has 0 spiro atoms. The summed E-state index contributed by atoms with van der Waals surface area (Å²) in [5.41, 5.74) is 6.18. The largest absolute Gasteiger partial charge is 0.489 e. The minimum absolute atomic E-state index is 0.0249. The summed E-state index contributed by atoms with van der Waals surface area (Å²) in [4.78, 5) is 14.2. The molecule has 2 N–H and O–H groups in total. The summed E-state index contributed by atoms with van der Waals surface area (Å²) in [5, 5.41) is 20.3. The van der Waals surface area contributed by atoms with Gasteiger partial charge in [-0.05, 0) is 62.6 Å². The number of nitrogen functional groups attached to an aromatic ring is 1. The van der Waals surface area contributed by atoms with Gasteiger partial charge in [0.25, 0.3) is 0 Å². The van der Waals surface area contributed by atoms with E-state index in [0.29, 0.717) is 49.5 Å². The van der Waals surface area contributed by atoms with Gasteiger partial charge in [-0.15, -0.1) is 11.3 Å². The molecule has 4 aliphatic heterocycles. The number of benzene rings is 2. The minimum atomic E-state index is -0.759. The molecular formula is C34H32ClF2N7O2S. The molecule has 9 nitrogen and oxygen atoms in total. The van der Waals surface area contributed by atoms with Crippen LogP contribution in [0.5, 0.6) is 11.8 Å². The zero-order valence-electron chi connectivity index (χ0n) is 25.8. The second-order valence-electron chi connectivity index (χ2n) is 13.4. The molecule has 2 aromatic heterocycles. The first-order chi connectivity index (χ1) is 22.7. The van der Waals surface area contributed by atoms with Gasteiger partial charge in [0.05, 0.1) is 38.3 Å². The maximum atomic E-state index is 17.2. The van der Waals surface area contributed by atoms with Crippen molar-refractivity contribution in [3.63, 3.8) is 0 Å². The molecule has 2 aromatic carbocycles. The SMILES string of the molecule is C[C@H]1CN2CCC[C@@]2(COc2nc3c4c(c(Cl)c(-c5ccc(F)c6sc(N)c(C#N)c56)c(F)c4n2)OCC2CCC(C#N)CCN32)C1. The Morgan fingerprint density at radius 1 is 1.19 bits per heavy atom. The molecule has 0 radical (unpaired) electrons. The smallest absolute Gasteiger partial charge is 0.319 e. The number of nitrogens with two attached hydrogens (primary N) is 1. The fourth-order valence-corrected chi connectivity index (χ4v) is 9.62. The number of ether oxygens (including phenoxy) is 2. The van der Waals surface area contributed by atoms with Crippen molar-refractivity contribution in [1.29, 1.82) is 10.5 Å². The number of anilines is 2. The van der Waals surface area contributed by atoms with Crippen molar-refractivity contribution in [3.8, 4) is 35.0 Å². The molecule has 47 heavy (non-hydrogen) atoms. The molecule has 13 heteroatoms. The van der Waals surface area contributed by atoms with Crippen LogP contribution >= 0.6 is 22.9 Å². The van der Waals surface area contributed by atoms with Crippen molar-refractivity contribution in [1.82, 2.24) is 14.9 Å². The van der Waals surface area contributed by atoms with E-state index in [1.165, 1.54) is 12.1 Å². The van der Waals surface area contributed by atoms with Crippen LogP contribution < -0.4 is 20.1 Å². The van der Waals surface area contributed by atoms with E-state index in [2.05, 4.69) is 33.8 Å². The lowest BCUT2D eigenvalue weighted by atomic mass is 9.92. The highest BCUT2D eigenvalue weighted by molar-refractivity contribution is 7.23. The number of aromatic nitrogens is 2. The molecule has 0 aliphatic carbocycles. The van der Waals surface area contributed by atoms with Crippen molar-refractivity contribution in [3.05, 3.63) is 34.4 Å². The Labute approximate surface area is 279 Å².